The van der Waals surface area contributed by atoms with Crippen LogP contribution in [0.3, 0.4) is 0 Å². The molecule has 1 amide bonds. The summed E-state index contributed by atoms with van der Waals surface area (Å²) in [6.07, 6.45) is 1.60. The van der Waals surface area contributed by atoms with Crippen molar-refractivity contribution in [2.75, 3.05) is 5.32 Å². The molecule has 0 bridgehead atoms. The zero-order valence-electron chi connectivity index (χ0n) is 10.9. The number of halogens is 1. The van der Waals surface area contributed by atoms with Gasteiger partial charge in [-0.3, -0.25) is 10.1 Å². The summed E-state index contributed by atoms with van der Waals surface area (Å²) in [6.45, 7) is 1.72. The molecule has 0 spiro atoms. The molecule has 0 atom stereocenters. The lowest BCUT2D eigenvalue weighted by molar-refractivity contribution is 0.102. The van der Waals surface area contributed by atoms with E-state index < -0.39 is 0 Å². The Kier molecular flexibility index (Phi) is 3.44. The molecule has 0 saturated heterocycles. The van der Waals surface area contributed by atoms with Crippen molar-refractivity contribution in [1.82, 2.24) is 20.0 Å². The van der Waals surface area contributed by atoms with Crippen LogP contribution in [0.15, 0.2) is 35.8 Å². The van der Waals surface area contributed by atoms with Gasteiger partial charge in [0.25, 0.3) is 5.91 Å². The zero-order valence-corrected chi connectivity index (χ0v) is 11.8. The average molecular weight is 303 g/mol. The molecule has 8 heteroatoms. The molecule has 0 aliphatic carbocycles. The number of carbonyl (C=O) groups excluding carboxylic acids is 1. The van der Waals surface area contributed by atoms with Gasteiger partial charge in [0, 0.05) is 11.6 Å². The highest BCUT2D eigenvalue weighted by Gasteiger charge is 2.18. The Bertz CT molecular complexity index is 766. The number of hydrogen-bond acceptors (Lipinski definition) is 5. The standard InChI is InChI=1S/C13H10FN5OS/c1-8-11(12(20)16-13-15-6-7-21-13)17-18-19(8)10-4-2-9(14)3-5-10/h2-7H,1H3,(H,15,16,20). The first-order valence-corrected chi connectivity index (χ1v) is 6.92. The van der Waals surface area contributed by atoms with Crippen molar-refractivity contribution in [2.24, 2.45) is 0 Å². The Morgan fingerprint density at radius 3 is 2.76 bits per heavy atom. The van der Waals surface area contributed by atoms with Crippen molar-refractivity contribution in [1.29, 1.82) is 0 Å². The van der Waals surface area contributed by atoms with E-state index in [0.29, 0.717) is 16.5 Å². The van der Waals surface area contributed by atoms with E-state index in [1.165, 1.54) is 28.2 Å². The molecular weight excluding hydrogens is 293 g/mol. The van der Waals surface area contributed by atoms with Crippen LogP contribution in [-0.4, -0.2) is 25.9 Å². The van der Waals surface area contributed by atoms with Crippen LogP contribution < -0.4 is 5.32 Å². The second kappa shape index (κ2) is 5.41. The van der Waals surface area contributed by atoms with Gasteiger partial charge in [-0.25, -0.2) is 14.1 Å². The van der Waals surface area contributed by atoms with E-state index in [2.05, 4.69) is 20.6 Å². The van der Waals surface area contributed by atoms with Gasteiger partial charge in [-0.1, -0.05) is 5.21 Å². The molecule has 0 aliphatic heterocycles. The summed E-state index contributed by atoms with van der Waals surface area (Å²) in [5.74, 6) is -0.714. The largest absolute Gasteiger partial charge is 0.296 e. The fourth-order valence-corrected chi connectivity index (χ4v) is 2.33. The minimum atomic E-state index is -0.379. The van der Waals surface area contributed by atoms with E-state index in [-0.39, 0.29) is 17.4 Å². The third-order valence-corrected chi connectivity index (χ3v) is 3.52. The fourth-order valence-electron chi connectivity index (χ4n) is 1.81. The molecule has 1 aromatic carbocycles. The second-order valence-corrected chi connectivity index (χ2v) is 5.10. The van der Waals surface area contributed by atoms with Gasteiger partial charge in [0.2, 0.25) is 0 Å². The first-order valence-electron chi connectivity index (χ1n) is 6.04. The first-order chi connectivity index (χ1) is 10.1. The summed E-state index contributed by atoms with van der Waals surface area (Å²) in [7, 11) is 0. The van der Waals surface area contributed by atoms with Crippen LogP contribution in [0, 0.1) is 12.7 Å². The van der Waals surface area contributed by atoms with Crippen LogP contribution in [-0.2, 0) is 0 Å². The van der Waals surface area contributed by atoms with Crippen LogP contribution in [0.1, 0.15) is 16.2 Å². The minimum absolute atomic E-state index is 0.203. The summed E-state index contributed by atoms with van der Waals surface area (Å²) in [6, 6.07) is 5.79. The summed E-state index contributed by atoms with van der Waals surface area (Å²) in [5, 5.41) is 12.7. The number of nitrogens with one attached hydrogen (secondary N) is 1. The maximum Gasteiger partial charge on any atom is 0.279 e. The number of anilines is 1. The summed E-state index contributed by atoms with van der Waals surface area (Å²) < 4.78 is 14.4. The molecule has 106 valence electrons. The van der Waals surface area contributed by atoms with Crippen molar-refractivity contribution in [3.63, 3.8) is 0 Å². The van der Waals surface area contributed by atoms with Crippen LogP contribution >= 0.6 is 11.3 Å². The van der Waals surface area contributed by atoms with Crippen LogP contribution in [0.5, 0.6) is 0 Å². The minimum Gasteiger partial charge on any atom is -0.296 e. The highest BCUT2D eigenvalue weighted by Crippen LogP contribution is 2.15. The molecule has 0 unspecified atom stereocenters. The third kappa shape index (κ3) is 2.65. The van der Waals surface area contributed by atoms with Gasteiger partial charge in [-0.05, 0) is 31.2 Å². The molecule has 21 heavy (non-hydrogen) atoms. The van der Waals surface area contributed by atoms with E-state index in [4.69, 9.17) is 0 Å². The molecule has 0 fully saturated rings. The van der Waals surface area contributed by atoms with Gasteiger partial charge >= 0.3 is 0 Å². The summed E-state index contributed by atoms with van der Waals surface area (Å²) in [5.41, 5.74) is 1.40. The van der Waals surface area contributed by atoms with Gasteiger partial charge in [0.05, 0.1) is 11.4 Å². The van der Waals surface area contributed by atoms with Crippen LogP contribution in [0.2, 0.25) is 0 Å². The monoisotopic (exact) mass is 303 g/mol. The summed E-state index contributed by atoms with van der Waals surface area (Å²) >= 11 is 1.32. The van der Waals surface area contributed by atoms with Crippen molar-refractivity contribution >= 4 is 22.4 Å². The number of amides is 1. The Morgan fingerprint density at radius 2 is 2.10 bits per heavy atom. The Hall–Kier alpha value is -2.61. The van der Waals surface area contributed by atoms with Crippen molar-refractivity contribution in [3.8, 4) is 5.69 Å². The molecule has 0 saturated carbocycles. The lowest BCUT2D eigenvalue weighted by atomic mass is 10.3. The van der Waals surface area contributed by atoms with Crippen molar-refractivity contribution in [3.05, 3.63) is 53.0 Å². The topological polar surface area (TPSA) is 72.7 Å². The van der Waals surface area contributed by atoms with Gasteiger partial charge in [-0.15, -0.1) is 16.4 Å². The highest BCUT2D eigenvalue weighted by atomic mass is 32.1. The van der Waals surface area contributed by atoms with Crippen LogP contribution in [0.25, 0.3) is 5.69 Å². The Balaban J connectivity index is 1.88. The maximum absolute atomic E-state index is 12.9. The van der Waals surface area contributed by atoms with E-state index in [1.807, 2.05) is 0 Å². The highest BCUT2D eigenvalue weighted by molar-refractivity contribution is 7.13. The van der Waals surface area contributed by atoms with E-state index in [0.717, 1.165) is 0 Å². The number of aromatic nitrogens is 4. The zero-order chi connectivity index (χ0) is 14.8. The molecule has 1 N–H and O–H groups in total. The van der Waals surface area contributed by atoms with Gasteiger partial charge < -0.3 is 0 Å². The lowest BCUT2D eigenvalue weighted by Gasteiger charge is -2.03. The summed E-state index contributed by atoms with van der Waals surface area (Å²) in [4.78, 5) is 16.1. The molecular formula is C13H10FN5OS. The van der Waals surface area contributed by atoms with Gasteiger partial charge in [-0.2, -0.15) is 0 Å². The molecule has 0 radical (unpaired) electrons. The number of nitrogens with zero attached hydrogens (tertiary/aromatic N) is 4. The van der Waals surface area contributed by atoms with Crippen molar-refractivity contribution < 1.29 is 9.18 Å². The molecule has 2 aromatic heterocycles. The smallest absolute Gasteiger partial charge is 0.279 e. The third-order valence-electron chi connectivity index (χ3n) is 2.83. The average Bonchev–Trinajstić information content (AvgIpc) is 3.09. The molecule has 0 aliphatic rings. The SMILES string of the molecule is Cc1c(C(=O)Nc2nccs2)nnn1-c1ccc(F)cc1. The van der Waals surface area contributed by atoms with Crippen LogP contribution in [0.4, 0.5) is 9.52 Å². The molecule has 2 heterocycles. The van der Waals surface area contributed by atoms with Gasteiger partial charge in [0.15, 0.2) is 10.8 Å². The number of carbonyl (C=O) groups is 1. The number of thiazole rings is 1. The van der Waals surface area contributed by atoms with Crippen molar-refractivity contribution in [2.45, 2.75) is 6.92 Å². The second-order valence-electron chi connectivity index (χ2n) is 4.20. The van der Waals surface area contributed by atoms with Gasteiger partial charge in [0.1, 0.15) is 5.82 Å². The predicted molar refractivity (Wildman–Crippen MR) is 76.1 cm³/mol. The maximum atomic E-state index is 12.9. The number of benzene rings is 1. The number of hydrogen-bond donors (Lipinski definition) is 1. The quantitative estimate of drug-likeness (QED) is 0.806. The Morgan fingerprint density at radius 1 is 1.33 bits per heavy atom. The lowest BCUT2D eigenvalue weighted by Crippen LogP contribution is -2.14. The van der Waals surface area contributed by atoms with E-state index >= 15 is 0 Å². The molecule has 3 rings (SSSR count). The number of rotatable bonds is 3. The predicted octanol–water partition coefficient (Wildman–Crippen LogP) is 2.42. The first kappa shape index (κ1) is 13.4. The normalized spacial score (nSPS) is 10.6. The van der Waals surface area contributed by atoms with E-state index in [1.54, 1.807) is 30.6 Å². The fraction of sp³-hybridized carbons (Fsp3) is 0.0769. The molecule has 6 nitrogen and oxygen atoms in total. The molecule has 3 aromatic rings. The van der Waals surface area contributed by atoms with E-state index in [9.17, 15) is 9.18 Å². The Labute approximate surface area is 123 Å².